The molecule has 0 rings (SSSR count). The summed E-state index contributed by atoms with van der Waals surface area (Å²) in [6.07, 6.45) is 1.77. The summed E-state index contributed by atoms with van der Waals surface area (Å²) in [4.78, 5) is 2.12. The van der Waals surface area contributed by atoms with Crippen LogP contribution in [0.3, 0.4) is 0 Å². The van der Waals surface area contributed by atoms with Crippen LogP contribution in [0.5, 0.6) is 0 Å². The molecule has 44 valence electrons. The van der Waals surface area contributed by atoms with Gasteiger partial charge < -0.3 is 0 Å². The van der Waals surface area contributed by atoms with Crippen molar-refractivity contribution in [3.05, 3.63) is 12.7 Å². The summed E-state index contributed by atoms with van der Waals surface area (Å²) < 4.78 is 0. The summed E-state index contributed by atoms with van der Waals surface area (Å²) in [6, 6.07) is 0. The third-order valence-electron chi connectivity index (χ3n) is 0.387. The minimum absolute atomic E-state index is 0.0330. The molecule has 0 radical (unpaired) electrons. The van der Waals surface area contributed by atoms with Gasteiger partial charge in [0.1, 0.15) is 0 Å². The second kappa shape index (κ2) is 3.92. The molecule has 0 aliphatic rings. The van der Waals surface area contributed by atoms with Gasteiger partial charge in [0.25, 0.3) is 0 Å². The Hall–Kier alpha value is -0.251. The number of nitrogens with zero attached hydrogens (tertiary/aromatic N) is 1. The third-order valence-corrected chi connectivity index (χ3v) is 1.59. The molecule has 0 saturated heterocycles. The second-order valence-corrected chi connectivity index (χ2v) is 3.01. The molecule has 2 heteroatoms. The van der Waals surface area contributed by atoms with E-state index in [0.717, 1.165) is 5.32 Å². The molecule has 0 N–H and O–H groups in total. The molecule has 0 amide bonds. The van der Waals surface area contributed by atoms with Crippen LogP contribution in [-0.4, -0.2) is 0 Å². The number of hydrogen-bond donors (Lipinski definition) is 0. The molecule has 0 aromatic carbocycles. The van der Waals surface area contributed by atoms with E-state index in [1.165, 1.54) is 0 Å². The molecule has 0 saturated carbocycles. The Bertz CT molecular complexity index is 92.7. The normalized spacial score (nSPS) is 9.43. The Labute approximate surface area is 48.5 Å². The maximum absolute atomic E-state index is 8.18. The Balaban J connectivity index is 3.21. The van der Waals surface area contributed by atoms with Crippen molar-refractivity contribution in [3.8, 4) is 4.97 Å². The standard InChI is InChI=1S/C3H5.CN.CH3.Cu/c1-3-2;1-2;;/h3H,1-2H2;;1H3;. The maximum atomic E-state index is 8.18. The van der Waals surface area contributed by atoms with Gasteiger partial charge in [-0.15, -0.1) is 0 Å². The predicted octanol–water partition coefficient (Wildman–Crippen LogP) is 1.74. The van der Waals surface area contributed by atoms with Crippen molar-refractivity contribution in [1.82, 2.24) is 0 Å². The van der Waals surface area contributed by atoms with Gasteiger partial charge in [0, 0.05) is 0 Å². The van der Waals surface area contributed by atoms with Crippen LogP contribution in [0, 0.1) is 10.2 Å². The first-order valence-corrected chi connectivity index (χ1v) is 3.78. The van der Waals surface area contributed by atoms with Crippen LogP contribution in [0.25, 0.3) is 0 Å². The molecule has 0 aliphatic carbocycles. The van der Waals surface area contributed by atoms with Crippen molar-refractivity contribution >= 4 is 0 Å². The third kappa shape index (κ3) is 3.58. The van der Waals surface area contributed by atoms with Gasteiger partial charge in [0.15, 0.2) is 0 Å². The molecular formula is C5H8CuN. The van der Waals surface area contributed by atoms with Gasteiger partial charge in [-0.05, 0) is 0 Å². The predicted molar refractivity (Wildman–Crippen MR) is 26.5 cm³/mol. The molecule has 0 heterocycles. The summed E-state index contributed by atoms with van der Waals surface area (Å²) in [5.74, 6) is 1.90. The molecule has 0 bridgehead atoms. The van der Waals surface area contributed by atoms with Crippen LogP contribution < -0.4 is 0 Å². The van der Waals surface area contributed by atoms with E-state index in [1.807, 2.05) is 5.82 Å². The van der Waals surface area contributed by atoms with E-state index in [-0.39, 0.29) is 13.9 Å². The van der Waals surface area contributed by atoms with Crippen LogP contribution in [0.2, 0.25) is 11.1 Å². The summed E-state index contributed by atoms with van der Waals surface area (Å²) >= 11 is -0.0330. The molecule has 0 fully saturated rings. The Morgan fingerprint density at radius 1 is 2.00 bits per heavy atom. The van der Waals surface area contributed by atoms with E-state index >= 15 is 0 Å². The number of nitriles is 1. The summed E-state index contributed by atoms with van der Waals surface area (Å²) in [6.45, 7) is 3.50. The van der Waals surface area contributed by atoms with Crippen molar-refractivity contribution < 1.29 is 13.9 Å². The first-order chi connectivity index (χ1) is 3.31. The average Bonchev–Trinajstić information content (AvgIpc) is 1.68. The van der Waals surface area contributed by atoms with Gasteiger partial charge in [-0.2, -0.15) is 0 Å². The number of rotatable bonds is 2. The molecule has 1 nitrogen and oxygen atoms in total. The van der Waals surface area contributed by atoms with Gasteiger partial charge in [-0.1, -0.05) is 0 Å². The average molecular weight is 146 g/mol. The van der Waals surface area contributed by atoms with Gasteiger partial charge >= 0.3 is 47.9 Å². The summed E-state index contributed by atoms with van der Waals surface area (Å²) in [7, 11) is 0. The first-order valence-electron chi connectivity index (χ1n) is 1.71. The monoisotopic (exact) mass is 145 g/mol. The Morgan fingerprint density at radius 3 is 2.71 bits per heavy atom. The fraction of sp³-hybridized carbons (Fsp3) is 0.400. The fourth-order valence-corrected chi connectivity index (χ4v) is 0.652. The second-order valence-electron chi connectivity index (χ2n) is 0.950. The molecule has 0 aliphatic heterocycles. The van der Waals surface area contributed by atoms with Crippen molar-refractivity contribution in [2.45, 2.75) is 11.1 Å². The van der Waals surface area contributed by atoms with Gasteiger partial charge in [0.05, 0.1) is 0 Å². The molecule has 0 aromatic rings. The fourth-order valence-electron chi connectivity index (χ4n) is 0.158. The summed E-state index contributed by atoms with van der Waals surface area (Å²) in [5, 5.41) is 9.00. The topological polar surface area (TPSA) is 23.8 Å². The van der Waals surface area contributed by atoms with Crippen molar-refractivity contribution in [2.24, 2.45) is 0 Å². The van der Waals surface area contributed by atoms with Gasteiger partial charge in [0.2, 0.25) is 0 Å². The zero-order chi connectivity index (χ0) is 5.70. The van der Waals surface area contributed by atoms with E-state index < -0.39 is 0 Å². The van der Waals surface area contributed by atoms with E-state index in [0.29, 0.717) is 0 Å². The molecule has 0 spiro atoms. The van der Waals surface area contributed by atoms with Crippen LogP contribution >= 0.6 is 0 Å². The quantitative estimate of drug-likeness (QED) is 0.429. The van der Waals surface area contributed by atoms with Crippen LogP contribution in [0.4, 0.5) is 0 Å². The molecule has 7 heavy (non-hydrogen) atoms. The Kier molecular flexibility index (Phi) is 3.78. The van der Waals surface area contributed by atoms with Crippen LogP contribution in [0.15, 0.2) is 12.7 Å². The van der Waals surface area contributed by atoms with E-state index in [1.54, 1.807) is 6.08 Å². The molecule has 0 aromatic heterocycles. The number of allylic oxidation sites excluding steroid dienone is 1. The molecular weight excluding hydrogens is 138 g/mol. The van der Waals surface area contributed by atoms with Crippen molar-refractivity contribution in [2.75, 3.05) is 0 Å². The van der Waals surface area contributed by atoms with E-state index in [2.05, 4.69) is 11.5 Å². The zero-order valence-corrected chi connectivity index (χ0v) is 5.18. The van der Waals surface area contributed by atoms with Crippen molar-refractivity contribution in [3.63, 3.8) is 0 Å². The molecule has 0 atom stereocenters. The number of hydrogen-bond acceptors (Lipinski definition) is 1. The van der Waals surface area contributed by atoms with E-state index in [4.69, 9.17) is 5.26 Å². The molecule has 0 unspecified atom stereocenters. The van der Waals surface area contributed by atoms with Crippen molar-refractivity contribution in [1.29, 1.82) is 5.26 Å². The SMILES string of the molecule is C=C[CH2][Cu]([CH3])[C]#N. The minimum atomic E-state index is -0.0330. The zero-order valence-electron chi connectivity index (χ0n) is 4.24. The van der Waals surface area contributed by atoms with Crippen LogP contribution in [-0.2, 0) is 13.9 Å². The van der Waals surface area contributed by atoms with Gasteiger partial charge in [-0.3, -0.25) is 0 Å². The summed E-state index contributed by atoms with van der Waals surface area (Å²) in [5.41, 5.74) is 0. The van der Waals surface area contributed by atoms with Crippen LogP contribution in [0.1, 0.15) is 0 Å². The van der Waals surface area contributed by atoms with Gasteiger partial charge in [-0.25, -0.2) is 0 Å². The Morgan fingerprint density at radius 2 is 2.57 bits per heavy atom. The first kappa shape index (κ1) is 6.75. The van der Waals surface area contributed by atoms with E-state index in [9.17, 15) is 0 Å².